The molecule has 0 atom stereocenters. The summed E-state index contributed by atoms with van der Waals surface area (Å²) in [7, 11) is 0. The van der Waals surface area contributed by atoms with Gasteiger partial charge in [0, 0.05) is 11.9 Å². The standard InChI is InChI=1S/C15H16N2O/c1-2-3-10-16-15(18)17-14-9-8-12-6-4-5-7-13(12)11-14/h3-11H,2H2,1H3,(H2,16,17,18)/b10-3+. The first-order chi connectivity index (χ1) is 8.79. The third kappa shape index (κ3) is 3.10. The molecular formula is C15H16N2O. The number of amides is 2. The molecule has 18 heavy (non-hydrogen) atoms. The van der Waals surface area contributed by atoms with Gasteiger partial charge in [0.05, 0.1) is 0 Å². The van der Waals surface area contributed by atoms with E-state index in [0.717, 1.165) is 22.9 Å². The fourth-order valence-electron chi connectivity index (χ4n) is 1.69. The number of urea groups is 1. The maximum absolute atomic E-state index is 11.5. The Morgan fingerprint density at radius 3 is 2.72 bits per heavy atom. The number of allylic oxidation sites excluding steroid dienone is 1. The highest BCUT2D eigenvalue weighted by molar-refractivity contribution is 5.93. The van der Waals surface area contributed by atoms with Crippen LogP contribution in [0.1, 0.15) is 13.3 Å². The van der Waals surface area contributed by atoms with Crippen LogP contribution in [0.4, 0.5) is 10.5 Å². The van der Waals surface area contributed by atoms with Crippen molar-refractivity contribution >= 4 is 22.5 Å². The molecule has 0 spiro atoms. The maximum atomic E-state index is 11.5. The third-order valence-electron chi connectivity index (χ3n) is 2.58. The van der Waals surface area contributed by atoms with Crippen molar-refractivity contribution in [3.63, 3.8) is 0 Å². The van der Waals surface area contributed by atoms with Crippen LogP contribution in [-0.2, 0) is 0 Å². The number of carbonyl (C=O) groups excluding carboxylic acids is 1. The minimum absolute atomic E-state index is 0.227. The molecule has 2 rings (SSSR count). The summed E-state index contributed by atoms with van der Waals surface area (Å²) in [5.74, 6) is 0. The number of rotatable bonds is 3. The molecule has 0 fully saturated rings. The normalized spacial score (nSPS) is 10.7. The molecule has 0 aliphatic heterocycles. The van der Waals surface area contributed by atoms with E-state index in [4.69, 9.17) is 0 Å². The van der Waals surface area contributed by atoms with Crippen molar-refractivity contribution in [3.05, 3.63) is 54.7 Å². The lowest BCUT2D eigenvalue weighted by molar-refractivity contribution is 0.255. The first-order valence-corrected chi connectivity index (χ1v) is 6.01. The Balaban J connectivity index is 2.07. The quantitative estimate of drug-likeness (QED) is 0.839. The van der Waals surface area contributed by atoms with Crippen molar-refractivity contribution in [3.8, 4) is 0 Å². The summed E-state index contributed by atoms with van der Waals surface area (Å²) in [6.07, 6.45) is 4.44. The van der Waals surface area contributed by atoms with Gasteiger partial charge in [-0.3, -0.25) is 0 Å². The number of anilines is 1. The lowest BCUT2D eigenvalue weighted by Crippen LogP contribution is -2.23. The monoisotopic (exact) mass is 240 g/mol. The Hall–Kier alpha value is -2.29. The van der Waals surface area contributed by atoms with Gasteiger partial charge in [-0.15, -0.1) is 0 Å². The zero-order valence-corrected chi connectivity index (χ0v) is 10.3. The van der Waals surface area contributed by atoms with Crippen molar-refractivity contribution < 1.29 is 4.79 Å². The van der Waals surface area contributed by atoms with E-state index in [-0.39, 0.29) is 6.03 Å². The van der Waals surface area contributed by atoms with Crippen LogP contribution in [0.2, 0.25) is 0 Å². The number of hydrogen-bond acceptors (Lipinski definition) is 1. The molecule has 0 aliphatic carbocycles. The molecule has 2 N–H and O–H groups in total. The van der Waals surface area contributed by atoms with Crippen LogP contribution < -0.4 is 10.6 Å². The lowest BCUT2D eigenvalue weighted by Gasteiger charge is -2.06. The van der Waals surface area contributed by atoms with Crippen molar-refractivity contribution in [1.29, 1.82) is 0 Å². The maximum Gasteiger partial charge on any atom is 0.323 e. The van der Waals surface area contributed by atoms with Gasteiger partial charge in [-0.1, -0.05) is 43.3 Å². The first-order valence-electron chi connectivity index (χ1n) is 6.01. The number of carbonyl (C=O) groups is 1. The molecule has 0 aromatic heterocycles. The molecule has 0 saturated carbocycles. The van der Waals surface area contributed by atoms with Gasteiger partial charge in [-0.2, -0.15) is 0 Å². The summed E-state index contributed by atoms with van der Waals surface area (Å²) in [5.41, 5.74) is 0.788. The highest BCUT2D eigenvalue weighted by atomic mass is 16.2. The topological polar surface area (TPSA) is 41.1 Å². The minimum atomic E-state index is -0.227. The predicted octanol–water partition coefficient (Wildman–Crippen LogP) is 3.89. The van der Waals surface area contributed by atoms with E-state index in [2.05, 4.69) is 10.6 Å². The van der Waals surface area contributed by atoms with Crippen LogP contribution >= 0.6 is 0 Å². The van der Waals surface area contributed by atoms with E-state index in [9.17, 15) is 4.79 Å². The van der Waals surface area contributed by atoms with E-state index in [1.165, 1.54) is 0 Å². The van der Waals surface area contributed by atoms with E-state index in [1.54, 1.807) is 6.20 Å². The number of benzene rings is 2. The summed E-state index contributed by atoms with van der Waals surface area (Å²) >= 11 is 0. The lowest BCUT2D eigenvalue weighted by atomic mass is 10.1. The van der Waals surface area contributed by atoms with Crippen molar-refractivity contribution in [1.82, 2.24) is 5.32 Å². The molecule has 3 nitrogen and oxygen atoms in total. The van der Waals surface area contributed by atoms with E-state index in [1.807, 2.05) is 55.5 Å². The summed E-state index contributed by atoms with van der Waals surface area (Å²) < 4.78 is 0. The molecule has 0 heterocycles. The van der Waals surface area contributed by atoms with Crippen molar-refractivity contribution in [2.45, 2.75) is 13.3 Å². The minimum Gasteiger partial charge on any atom is -0.315 e. The number of nitrogens with one attached hydrogen (secondary N) is 2. The second-order valence-electron chi connectivity index (χ2n) is 3.97. The molecule has 92 valence electrons. The van der Waals surface area contributed by atoms with E-state index in [0.29, 0.717) is 0 Å². The Morgan fingerprint density at radius 2 is 1.94 bits per heavy atom. The molecule has 2 amide bonds. The summed E-state index contributed by atoms with van der Waals surface area (Å²) in [5, 5.41) is 7.71. The van der Waals surface area contributed by atoms with Gasteiger partial charge in [-0.05, 0) is 29.3 Å². The predicted molar refractivity (Wildman–Crippen MR) is 75.5 cm³/mol. The van der Waals surface area contributed by atoms with Crippen LogP contribution in [0.5, 0.6) is 0 Å². The summed E-state index contributed by atoms with van der Waals surface area (Å²) in [6.45, 7) is 2.01. The largest absolute Gasteiger partial charge is 0.323 e. The third-order valence-corrected chi connectivity index (χ3v) is 2.58. The highest BCUT2D eigenvalue weighted by Crippen LogP contribution is 2.18. The number of hydrogen-bond donors (Lipinski definition) is 2. The Kier molecular flexibility index (Phi) is 3.97. The molecule has 0 unspecified atom stereocenters. The molecular weight excluding hydrogens is 224 g/mol. The van der Waals surface area contributed by atoms with Crippen molar-refractivity contribution in [2.75, 3.05) is 5.32 Å². The average molecular weight is 240 g/mol. The molecule has 2 aromatic carbocycles. The van der Waals surface area contributed by atoms with Crippen LogP contribution in [0.25, 0.3) is 10.8 Å². The van der Waals surface area contributed by atoms with Gasteiger partial charge in [0.1, 0.15) is 0 Å². The smallest absolute Gasteiger partial charge is 0.315 e. The van der Waals surface area contributed by atoms with Gasteiger partial charge >= 0.3 is 6.03 Å². The number of fused-ring (bicyclic) bond motifs is 1. The van der Waals surface area contributed by atoms with Gasteiger partial charge in [-0.25, -0.2) is 4.79 Å². The van der Waals surface area contributed by atoms with Gasteiger partial charge in [0.25, 0.3) is 0 Å². The van der Waals surface area contributed by atoms with E-state index >= 15 is 0 Å². The van der Waals surface area contributed by atoms with Gasteiger partial charge in [0.15, 0.2) is 0 Å². The highest BCUT2D eigenvalue weighted by Gasteiger charge is 2.00. The molecule has 3 heteroatoms. The zero-order valence-electron chi connectivity index (χ0n) is 10.3. The molecule has 0 radical (unpaired) electrons. The average Bonchev–Trinajstić information content (AvgIpc) is 2.39. The SMILES string of the molecule is CC/C=C/NC(=O)Nc1ccc2ccccc2c1. The van der Waals surface area contributed by atoms with Crippen LogP contribution in [0.3, 0.4) is 0 Å². The molecule has 2 aromatic rings. The second kappa shape index (κ2) is 5.87. The Morgan fingerprint density at radius 1 is 1.17 bits per heavy atom. The van der Waals surface area contributed by atoms with Gasteiger partial charge < -0.3 is 10.6 Å². The summed E-state index contributed by atoms with van der Waals surface area (Å²) in [6, 6.07) is 13.7. The Labute approximate surface area is 107 Å². The van der Waals surface area contributed by atoms with Crippen LogP contribution in [-0.4, -0.2) is 6.03 Å². The first kappa shape index (κ1) is 12.2. The molecule has 0 saturated heterocycles. The van der Waals surface area contributed by atoms with Crippen molar-refractivity contribution in [2.24, 2.45) is 0 Å². The molecule has 0 bridgehead atoms. The fraction of sp³-hybridized carbons (Fsp3) is 0.133. The van der Waals surface area contributed by atoms with Crippen LogP contribution in [0, 0.1) is 0 Å². The van der Waals surface area contributed by atoms with Crippen LogP contribution in [0.15, 0.2) is 54.7 Å². The fourth-order valence-corrected chi connectivity index (χ4v) is 1.69. The Bertz CT molecular complexity index is 575. The van der Waals surface area contributed by atoms with Gasteiger partial charge in [0.2, 0.25) is 0 Å². The van der Waals surface area contributed by atoms with E-state index < -0.39 is 0 Å². The molecule has 0 aliphatic rings. The zero-order chi connectivity index (χ0) is 12.8. The second-order valence-corrected chi connectivity index (χ2v) is 3.97. The summed E-state index contributed by atoms with van der Waals surface area (Å²) in [4.78, 5) is 11.5.